The Morgan fingerprint density at radius 2 is 1.30 bits per heavy atom. The van der Waals surface area contributed by atoms with Crippen molar-refractivity contribution in [1.29, 1.82) is 0 Å². The number of phenols is 1. The van der Waals surface area contributed by atoms with E-state index in [4.69, 9.17) is 5.73 Å². The topological polar surface area (TPSA) is 142 Å². The smallest absolute Gasteiger partial charge is 0.326 e. The molecule has 8 heteroatoms. The summed E-state index contributed by atoms with van der Waals surface area (Å²) in [5, 5.41) is 24.2. The van der Waals surface area contributed by atoms with Crippen molar-refractivity contribution in [3.05, 3.63) is 102 Å². The molecule has 0 aliphatic carbocycles. The Balaban J connectivity index is 1.79. The van der Waals surface area contributed by atoms with E-state index in [9.17, 15) is 24.6 Å². The van der Waals surface area contributed by atoms with Gasteiger partial charge in [0, 0.05) is 6.42 Å². The number of carbonyl (C=O) groups is 3. The SMILES string of the molecule is N[C@@H](C(=O)N[C@@H](C(=O)N[C@@H](Cc1ccc(O)cc1)C(=O)O)c1ccccc1)c1ccccc1. The lowest BCUT2D eigenvalue weighted by Gasteiger charge is -2.23. The highest BCUT2D eigenvalue weighted by Gasteiger charge is 2.29. The van der Waals surface area contributed by atoms with Gasteiger partial charge in [-0.1, -0.05) is 72.8 Å². The molecule has 0 aliphatic rings. The minimum absolute atomic E-state index is 0.000336. The predicted octanol–water partition coefficient (Wildman–Crippen LogP) is 2.06. The van der Waals surface area contributed by atoms with E-state index >= 15 is 0 Å². The summed E-state index contributed by atoms with van der Waals surface area (Å²) in [6.07, 6.45) is 0.000336. The number of rotatable bonds is 9. The first kappa shape index (κ1) is 23.5. The van der Waals surface area contributed by atoms with Crippen LogP contribution in [0.25, 0.3) is 0 Å². The summed E-state index contributed by atoms with van der Waals surface area (Å²) < 4.78 is 0. The van der Waals surface area contributed by atoms with Crippen LogP contribution < -0.4 is 16.4 Å². The molecule has 170 valence electrons. The van der Waals surface area contributed by atoms with Crippen molar-refractivity contribution in [2.75, 3.05) is 0 Å². The molecule has 2 amide bonds. The number of hydrogen-bond donors (Lipinski definition) is 5. The molecular weight excluding hydrogens is 422 g/mol. The molecule has 0 saturated heterocycles. The number of phenolic OH excluding ortho intramolecular Hbond substituents is 1. The van der Waals surface area contributed by atoms with E-state index in [-0.39, 0.29) is 12.2 Å². The summed E-state index contributed by atoms with van der Waals surface area (Å²) in [5.74, 6) is -2.43. The van der Waals surface area contributed by atoms with Crippen molar-refractivity contribution in [2.45, 2.75) is 24.5 Å². The molecule has 0 heterocycles. The maximum Gasteiger partial charge on any atom is 0.326 e. The van der Waals surface area contributed by atoms with Crippen LogP contribution in [0.5, 0.6) is 5.75 Å². The fraction of sp³-hybridized carbons (Fsp3) is 0.160. The second kappa shape index (κ2) is 10.9. The Labute approximate surface area is 191 Å². The van der Waals surface area contributed by atoms with Gasteiger partial charge in [0.25, 0.3) is 0 Å². The Morgan fingerprint density at radius 1 is 0.758 bits per heavy atom. The third-order valence-corrected chi connectivity index (χ3v) is 5.11. The van der Waals surface area contributed by atoms with Crippen molar-refractivity contribution in [1.82, 2.24) is 10.6 Å². The molecule has 0 saturated carbocycles. The Hall–Kier alpha value is -4.17. The minimum Gasteiger partial charge on any atom is -0.508 e. The van der Waals surface area contributed by atoms with Crippen molar-refractivity contribution < 1.29 is 24.6 Å². The number of amides is 2. The first-order valence-electron chi connectivity index (χ1n) is 10.3. The highest BCUT2D eigenvalue weighted by Crippen LogP contribution is 2.17. The predicted molar refractivity (Wildman–Crippen MR) is 122 cm³/mol. The van der Waals surface area contributed by atoms with E-state index < -0.39 is 35.9 Å². The number of hydrogen-bond acceptors (Lipinski definition) is 5. The number of carboxylic acids is 1. The van der Waals surface area contributed by atoms with Crippen LogP contribution in [0.15, 0.2) is 84.9 Å². The van der Waals surface area contributed by atoms with Crippen molar-refractivity contribution in [3.63, 3.8) is 0 Å². The van der Waals surface area contributed by atoms with Gasteiger partial charge in [-0.25, -0.2) is 4.79 Å². The van der Waals surface area contributed by atoms with Gasteiger partial charge in [-0.2, -0.15) is 0 Å². The van der Waals surface area contributed by atoms with E-state index in [2.05, 4.69) is 10.6 Å². The largest absolute Gasteiger partial charge is 0.508 e. The Kier molecular flexibility index (Phi) is 7.77. The number of nitrogens with two attached hydrogens (primary N) is 1. The summed E-state index contributed by atoms with van der Waals surface area (Å²) in [7, 11) is 0. The average molecular weight is 447 g/mol. The summed E-state index contributed by atoms with van der Waals surface area (Å²) >= 11 is 0. The van der Waals surface area contributed by atoms with E-state index in [1.54, 1.807) is 72.8 Å². The molecule has 33 heavy (non-hydrogen) atoms. The van der Waals surface area contributed by atoms with Crippen molar-refractivity contribution >= 4 is 17.8 Å². The van der Waals surface area contributed by atoms with Gasteiger partial charge in [-0.05, 0) is 28.8 Å². The molecule has 3 aromatic rings. The van der Waals surface area contributed by atoms with Crippen LogP contribution in [-0.2, 0) is 20.8 Å². The molecule has 3 aromatic carbocycles. The maximum absolute atomic E-state index is 13.1. The fourth-order valence-corrected chi connectivity index (χ4v) is 3.31. The molecule has 0 aromatic heterocycles. The highest BCUT2D eigenvalue weighted by atomic mass is 16.4. The van der Waals surface area contributed by atoms with E-state index in [0.717, 1.165) is 0 Å². The van der Waals surface area contributed by atoms with Crippen LogP contribution in [0.2, 0.25) is 0 Å². The average Bonchev–Trinajstić information content (AvgIpc) is 2.83. The molecule has 0 radical (unpaired) electrons. The fourth-order valence-electron chi connectivity index (χ4n) is 3.31. The van der Waals surface area contributed by atoms with Crippen LogP contribution in [0.1, 0.15) is 28.8 Å². The number of nitrogens with one attached hydrogen (secondary N) is 2. The van der Waals surface area contributed by atoms with Gasteiger partial charge >= 0.3 is 5.97 Å². The first-order chi connectivity index (χ1) is 15.8. The summed E-state index contributed by atoms with van der Waals surface area (Å²) in [6, 6.07) is 19.9. The van der Waals surface area contributed by atoms with Gasteiger partial charge in [-0.3, -0.25) is 9.59 Å². The zero-order chi connectivity index (χ0) is 23.8. The lowest BCUT2D eigenvalue weighted by molar-refractivity contribution is -0.142. The minimum atomic E-state index is -1.24. The normalized spacial score (nSPS) is 13.4. The molecule has 3 rings (SSSR count). The van der Waals surface area contributed by atoms with E-state index in [1.807, 2.05) is 0 Å². The monoisotopic (exact) mass is 447 g/mol. The van der Waals surface area contributed by atoms with Crippen LogP contribution in [0, 0.1) is 0 Å². The highest BCUT2D eigenvalue weighted by molar-refractivity contribution is 5.93. The van der Waals surface area contributed by atoms with Crippen LogP contribution >= 0.6 is 0 Å². The van der Waals surface area contributed by atoms with Gasteiger partial charge in [0.2, 0.25) is 11.8 Å². The summed E-state index contributed by atoms with van der Waals surface area (Å²) in [4.78, 5) is 37.8. The number of carboxylic acid groups (broad SMARTS) is 1. The molecule has 0 unspecified atom stereocenters. The number of benzene rings is 3. The van der Waals surface area contributed by atoms with Gasteiger partial charge in [0.05, 0.1) is 0 Å². The first-order valence-corrected chi connectivity index (χ1v) is 10.3. The molecule has 0 aliphatic heterocycles. The van der Waals surface area contributed by atoms with Gasteiger partial charge in [-0.15, -0.1) is 0 Å². The lowest BCUT2D eigenvalue weighted by atomic mass is 10.0. The van der Waals surface area contributed by atoms with Gasteiger partial charge in [0.1, 0.15) is 23.9 Å². The Bertz CT molecular complexity index is 1090. The third kappa shape index (κ3) is 6.41. The standard InChI is InChI=1S/C25H25N3O5/c26-21(17-7-3-1-4-8-17)23(30)28-22(18-9-5-2-6-10-18)24(31)27-20(25(32)33)15-16-11-13-19(29)14-12-16/h1-14,20-22,29H,15,26H2,(H,27,31)(H,28,30)(H,32,33)/t20-,21+,22+/m0/s1. The molecular formula is C25H25N3O5. The zero-order valence-corrected chi connectivity index (χ0v) is 17.7. The quantitative estimate of drug-likeness (QED) is 0.340. The molecule has 8 nitrogen and oxygen atoms in total. The maximum atomic E-state index is 13.1. The van der Waals surface area contributed by atoms with E-state index in [1.165, 1.54) is 12.1 Å². The third-order valence-electron chi connectivity index (χ3n) is 5.11. The van der Waals surface area contributed by atoms with E-state index in [0.29, 0.717) is 16.7 Å². The molecule has 6 N–H and O–H groups in total. The van der Waals surface area contributed by atoms with Crippen LogP contribution in [-0.4, -0.2) is 34.0 Å². The summed E-state index contributed by atoms with van der Waals surface area (Å²) in [5.41, 5.74) is 7.75. The second-order valence-corrected chi connectivity index (χ2v) is 7.51. The molecule has 3 atom stereocenters. The number of aromatic hydroxyl groups is 1. The second-order valence-electron chi connectivity index (χ2n) is 7.51. The van der Waals surface area contributed by atoms with Crippen LogP contribution in [0.4, 0.5) is 0 Å². The van der Waals surface area contributed by atoms with Crippen molar-refractivity contribution in [2.24, 2.45) is 5.73 Å². The number of aliphatic carboxylic acids is 1. The van der Waals surface area contributed by atoms with Gasteiger partial charge in [0.15, 0.2) is 0 Å². The molecule has 0 spiro atoms. The summed E-state index contributed by atoms with van der Waals surface area (Å²) in [6.45, 7) is 0. The zero-order valence-electron chi connectivity index (χ0n) is 17.7. The lowest BCUT2D eigenvalue weighted by Crippen LogP contribution is -2.49. The molecule has 0 bridgehead atoms. The van der Waals surface area contributed by atoms with Crippen LogP contribution in [0.3, 0.4) is 0 Å². The number of carbonyl (C=O) groups excluding carboxylic acids is 2. The van der Waals surface area contributed by atoms with Gasteiger partial charge < -0.3 is 26.6 Å². The Morgan fingerprint density at radius 3 is 1.85 bits per heavy atom. The van der Waals surface area contributed by atoms with Crippen molar-refractivity contribution in [3.8, 4) is 5.75 Å². The molecule has 0 fully saturated rings.